The quantitative estimate of drug-likeness (QED) is 0.258. The van der Waals surface area contributed by atoms with Gasteiger partial charge in [-0.05, 0) is 0 Å². The Morgan fingerprint density at radius 2 is 1.00 bits per heavy atom. The highest BCUT2D eigenvalue weighted by atomic mass is 16.7. The van der Waals surface area contributed by atoms with Crippen LogP contribution in [0.2, 0.25) is 0 Å². The number of hydrogen-bond acceptors (Lipinski definition) is 6. The predicted molar refractivity (Wildman–Crippen MR) is 31.1 cm³/mol. The van der Waals surface area contributed by atoms with Gasteiger partial charge in [-0.25, -0.2) is 0 Å². The molecule has 0 aliphatic carbocycles. The minimum atomic E-state index is -1.66. The Bertz CT molecular complexity index is 125. The van der Waals surface area contributed by atoms with Crippen LogP contribution in [-0.4, -0.2) is 56.4 Å². The van der Waals surface area contributed by atoms with E-state index in [4.69, 9.17) is 25.5 Å². The second-order valence-electron chi connectivity index (χ2n) is 2.39. The highest BCUT2D eigenvalue weighted by molar-refractivity contribution is 4.83. The number of ether oxygens (including phenoxy) is 1. The largest absolute Gasteiger partial charge is 0.387 e. The van der Waals surface area contributed by atoms with Crippen LogP contribution in [0.15, 0.2) is 0 Å². The molecule has 0 radical (unpaired) electrons. The van der Waals surface area contributed by atoms with Crippen molar-refractivity contribution in [3.05, 3.63) is 0 Å². The lowest BCUT2D eigenvalue weighted by Gasteiger charge is -2.35. The molecule has 4 atom stereocenters. The Kier molecular flexibility index (Phi) is 2.43. The summed E-state index contributed by atoms with van der Waals surface area (Å²) in [7, 11) is 0. The third kappa shape index (κ3) is 1.51. The first-order chi connectivity index (χ1) is 5.04. The van der Waals surface area contributed by atoms with E-state index < -0.39 is 30.9 Å². The van der Waals surface area contributed by atoms with Gasteiger partial charge in [0.25, 0.3) is 0 Å². The molecule has 6 heteroatoms. The minimum absolute atomic E-state index is 1.59. The third-order valence-electron chi connectivity index (χ3n) is 1.56. The van der Waals surface area contributed by atoms with E-state index in [0.717, 1.165) is 0 Å². The van der Waals surface area contributed by atoms with Crippen molar-refractivity contribution >= 4 is 0 Å². The monoisotopic (exact) mass is 166 g/mol. The summed E-state index contributed by atoms with van der Waals surface area (Å²) in [6.07, 6.45) is -8.10. The van der Waals surface area contributed by atoms with E-state index in [9.17, 15) is 0 Å². The molecule has 0 aromatic heterocycles. The number of hydrogen-bond donors (Lipinski definition) is 5. The molecule has 0 amide bonds. The van der Waals surface area contributed by atoms with E-state index in [0.29, 0.717) is 0 Å². The van der Waals surface area contributed by atoms with Crippen molar-refractivity contribution in [3.63, 3.8) is 0 Å². The SMILES string of the molecule is OC1[C@H](O)[C@@H](O)O[C@H](O)[C@H]1O. The van der Waals surface area contributed by atoms with E-state index in [-0.39, 0.29) is 0 Å². The van der Waals surface area contributed by atoms with Crippen LogP contribution in [0.1, 0.15) is 0 Å². The zero-order valence-electron chi connectivity index (χ0n) is 5.53. The molecule has 1 saturated heterocycles. The van der Waals surface area contributed by atoms with Gasteiger partial charge in [0.1, 0.15) is 18.3 Å². The third-order valence-corrected chi connectivity index (χ3v) is 1.56. The van der Waals surface area contributed by atoms with E-state index >= 15 is 0 Å². The molecule has 1 heterocycles. The lowest BCUT2D eigenvalue weighted by atomic mass is 10.0. The fourth-order valence-electron chi connectivity index (χ4n) is 0.843. The van der Waals surface area contributed by atoms with E-state index in [1.807, 2.05) is 0 Å². The van der Waals surface area contributed by atoms with Gasteiger partial charge in [-0.1, -0.05) is 0 Å². The summed E-state index contributed by atoms with van der Waals surface area (Å²) in [4.78, 5) is 0. The average molecular weight is 166 g/mol. The fourth-order valence-corrected chi connectivity index (χ4v) is 0.843. The molecule has 0 aromatic carbocycles. The van der Waals surface area contributed by atoms with Gasteiger partial charge in [0.2, 0.25) is 0 Å². The van der Waals surface area contributed by atoms with Gasteiger partial charge in [-0.3, -0.25) is 0 Å². The maximum atomic E-state index is 8.89. The van der Waals surface area contributed by atoms with Gasteiger partial charge in [0.05, 0.1) is 0 Å². The summed E-state index contributed by atoms with van der Waals surface area (Å²) in [5.74, 6) is 0. The maximum absolute atomic E-state index is 8.89. The van der Waals surface area contributed by atoms with Crippen LogP contribution in [0.4, 0.5) is 0 Å². The molecule has 1 fully saturated rings. The lowest BCUT2D eigenvalue weighted by Crippen LogP contribution is -2.57. The predicted octanol–water partition coefficient (Wildman–Crippen LogP) is -3.26. The summed E-state index contributed by atoms with van der Waals surface area (Å²) in [6.45, 7) is 0. The Balaban J connectivity index is 2.63. The Hall–Kier alpha value is -0.240. The number of aliphatic hydroxyl groups is 5. The van der Waals surface area contributed by atoms with Crippen LogP contribution in [0.5, 0.6) is 0 Å². The second kappa shape index (κ2) is 3.02. The van der Waals surface area contributed by atoms with E-state index in [2.05, 4.69) is 4.74 Å². The van der Waals surface area contributed by atoms with E-state index in [1.54, 1.807) is 0 Å². The topological polar surface area (TPSA) is 110 Å². The molecule has 1 rings (SSSR count). The summed E-state index contributed by atoms with van der Waals surface area (Å²) < 4.78 is 4.23. The molecule has 0 aromatic rings. The van der Waals surface area contributed by atoms with Crippen LogP contribution in [0.25, 0.3) is 0 Å². The molecule has 0 saturated carbocycles. The normalized spacial score (nSPS) is 52.6. The van der Waals surface area contributed by atoms with Crippen molar-refractivity contribution in [2.75, 3.05) is 0 Å². The molecule has 66 valence electrons. The first kappa shape index (κ1) is 8.85. The number of aliphatic hydroxyl groups excluding tert-OH is 5. The van der Waals surface area contributed by atoms with Crippen LogP contribution in [-0.2, 0) is 4.74 Å². The van der Waals surface area contributed by atoms with Crippen LogP contribution >= 0.6 is 0 Å². The van der Waals surface area contributed by atoms with Crippen LogP contribution in [0, 0.1) is 0 Å². The average Bonchev–Trinajstić information content (AvgIpc) is 1.97. The van der Waals surface area contributed by atoms with Crippen molar-refractivity contribution in [1.29, 1.82) is 0 Å². The summed E-state index contributed by atoms with van der Waals surface area (Å²) in [5, 5.41) is 44.0. The summed E-state index contributed by atoms with van der Waals surface area (Å²) in [5.41, 5.74) is 0. The molecule has 6 nitrogen and oxygen atoms in total. The van der Waals surface area contributed by atoms with Gasteiger partial charge in [-0.15, -0.1) is 0 Å². The molecule has 1 aliphatic heterocycles. The Labute approximate surface area is 62.3 Å². The van der Waals surface area contributed by atoms with Crippen LogP contribution < -0.4 is 0 Å². The van der Waals surface area contributed by atoms with Gasteiger partial charge in [-0.2, -0.15) is 0 Å². The standard InChI is InChI=1S/C5H10O6/c6-1-2(7)4(9)11-5(10)3(1)8/h1-10H/t2-,3-,4-,5-/m0/s1. The first-order valence-electron chi connectivity index (χ1n) is 3.10. The van der Waals surface area contributed by atoms with Crippen molar-refractivity contribution in [3.8, 4) is 0 Å². The van der Waals surface area contributed by atoms with Crippen molar-refractivity contribution in [1.82, 2.24) is 0 Å². The van der Waals surface area contributed by atoms with Gasteiger partial charge < -0.3 is 30.3 Å². The number of rotatable bonds is 0. The highest BCUT2D eigenvalue weighted by Gasteiger charge is 2.42. The molecule has 5 N–H and O–H groups in total. The molecule has 1 aliphatic rings. The van der Waals surface area contributed by atoms with Crippen molar-refractivity contribution in [2.45, 2.75) is 30.9 Å². The highest BCUT2D eigenvalue weighted by Crippen LogP contribution is 2.17. The maximum Gasteiger partial charge on any atom is 0.186 e. The first-order valence-corrected chi connectivity index (χ1v) is 3.10. The molecule has 0 unspecified atom stereocenters. The van der Waals surface area contributed by atoms with Crippen molar-refractivity contribution < 1.29 is 30.3 Å². The fraction of sp³-hybridized carbons (Fsp3) is 1.00. The zero-order valence-corrected chi connectivity index (χ0v) is 5.53. The van der Waals surface area contributed by atoms with Crippen molar-refractivity contribution in [2.24, 2.45) is 0 Å². The zero-order chi connectivity index (χ0) is 8.59. The molecule has 0 spiro atoms. The van der Waals surface area contributed by atoms with Gasteiger partial charge in [0, 0.05) is 0 Å². The lowest BCUT2D eigenvalue weighted by molar-refractivity contribution is -0.328. The molecule has 0 bridgehead atoms. The van der Waals surface area contributed by atoms with E-state index in [1.165, 1.54) is 0 Å². The Morgan fingerprint density at radius 1 is 0.636 bits per heavy atom. The van der Waals surface area contributed by atoms with Gasteiger partial charge >= 0.3 is 0 Å². The van der Waals surface area contributed by atoms with Gasteiger partial charge in [0.15, 0.2) is 12.6 Å². The summed E-state index contributed by atoms with van der Waals surface area (Å²) >= 11 is 0. The van der Waals surface area contributed by atoms with Crippen LogP contribution in [0.3, 0.4) is 0 Å². The molecular formula is C5H10O6. The minimum Gasteiger partial charge on any atom is -0.387 e. The second-order valence-corrected chi connectivity index (χ2v) is 2.39. The molecule has 11 heavy (non-hydrogen) atoms. The summed E-state index contributed by atoms with van der Waals surface area (Å²) in [6, 6.07) is 0. The Morgan fingerprint density at radius 3 is 1.36 bits per heavy atom. The molecular weight excluding hydrogens is 156 g/mol. The smallest absolute Gasteiger partial charge is 0.186 e.